The van der Waals surface area contributed by atoms with E-state index in [1.54, 1.807) is 6.92 Å². The lowest BCUT2D eigenvalue weighted by atomic mass is 9.75. The second-order valence-electron chi connectivity index (χ2n) is 9.21. The van der Waals surface area contributed by atoms with Gasteiger partial charge in [-0.1, -0.05) is 32.9 Å². The molecule has 0 unspecified atom stereocenters. The van der Waals surface area contributed by atoms with E-state index in [1.165, 1.54) is 12.8 Å². The maximum absolute atomic E-state index is 12.6. The van der Waals surface area contributed by atoms with Crippen LogP contribution in [0.15, 0.2) is 24.3 Å². The third-order valence-electron chi connectivity index (χ3n) is 6.64. The Morgan fingerprint density at radius 2 is 1.50 bits per heavy atom. The highest BCUT2D eigenvalue weighted by Crippen LogP contribution is 2.40. The summed E-state index contributed by atoms with van der Waals surface area (Å²) in [6.07, 6.45) is 11.6. The average Bonchev–Trinajstić information content (AvgIpc) is 2.87. The van der Waals surface area contributed by atoms with Crippen LogP contribution in [0.25, 0.3) is 0 Å². The van der Waals surface area contributed by atoms with E-state index in [4.69, 9.17) is 9.47 Å². The highest BCUT2D eigenvalue weighted by molar-refractivity contribution is 5.88. The molecule has 2 saturated carbocycles. The molecule has 0 spiro atoms. The van der Waals surface area contributed by atoms with E-state index in [9.17, 15) is 9.59 Å². The van der Waals surface area contributed by atoms with Crippen LogP contribution in [0.5, 0.6) is 0 Å². The van der Waals surface area contributed by atoms with Crippen molar-refractivity contribution < 1.29 is 19.1 Å². The lowest BCUT2D eigenvalue weighted by Gasteiger charge is -2.39. The van der Waals surface area contributed by atoms with Crippen LogP contribution in [0, 0.1) is 5.92 Å². The molecule has 0 radical (unpaired) electrons. The molecular weight excluding hydrogens is 352 g/mol. The molecule has 0 bridgehead atoms. The van der Waals surface area contributed by atoms with E-state index >= 15 is 0 Å². The third-order valence-corrected chi connectivity index (χ3v) is 6.64. The van der Waals surface area contributed by atoms with Crippen molar-refractivity contribution in [2.24, 2.45) is 5.92 Å². The third kappa shape index (κ3) is 6.22. The molecular formula is C24H38O4. The monoisotopic (exact) mass is 390 g/mol. The van der Waals surface area contributed by atoms with Crippen molar-refractivity contribution in [1.29, 1.82) is 0 Å². The molecule has 0 aromatic heterocycles. The van der Waals surface area contributed by atoms with Gasteiger partial charge >= 0.3 is 11.9 Å². The minimum Gasteiger partial charge on any atom is -0.456 e. The van der Waals surface area contributed by atoms with E-state index in [1.807, 2.05) is 0 Å². The molecule has 4 heteroatoms. The first-order valence-corrected chi connectivity index (χ1v) is 11.0. The molecule has 28 heavy (non-hydrogen) atoms. The van der Waals surface area contributed by atoms with Gasteiger partial charge in [0.1, 0.15) is 11.2 Å². The van der Waals surface area contributed by atoms with Gasteiger partial charge in [0.25, 0.3) is 0 Å². The fourth-order valence-corrected chi connectivity index (χ4v) is 4.53. The molecule has 0 atom stereocenters. The predicted molar refractivity (Wildman–Crippen MR) is 112 cm³/mol. The van der Waals surface area contributed by atoms with Crippen molar-refractivity contribution >= 4 is 11.9 Å². The summed E-state index contributed by atoms with van der Waals surface area (Å²) in [6.45, 7) is 13.5. The predicted octanol–water partition coefficient (Wildman–Crippen LogP) is 6.05. The van der Waals surface area contributed by atoms with Gasteiger partial charge in [0.15, 0.2) is 0 Å². The molecule has 0 aromatic carbocycles. The number of carbonyl (C=O) groups is 2. The lowest BCUT2D eigenvalue weighted by Crippen LogP contribution is -2.39. The van der Waals surface area contributed by atoms with Gasteiger partial charge in [-0.15, -0.1) is 0 Å². The number of esters is 2. The van der Waals surface area contributed by atoms with E-state index in [0.717, 1.165) is 57.8 Å². The molecule has 4 nitrogen and oxygen atoms in total. The van der Waals surface area contributed by atoms with Crippen LogP contribution in [0.4, 0.5) is 0 Å². The molecule has 2 fully saturated rings. The second kappa shape index (κ2) is 9.76. The van der Waals surface area contributed by atoms with Crippen molar-refractivity contribution in [1.82, 2.24) is 0 Å². The summed E-state index contributed by atoms with van der Waals surface area (Å²) in [7, 11) is 0. The largest absolute Gasteiger partial charge is 0.456 e. The minimum atomic E-state index is -0.387. The summed E-state index contributed by atoms with van der Waals surface area (Å²) < 4.78 is 11.6. The van der Waals surface area contributed by atoms with Crippen molar-refractivity contribution in [3.05, 3.63) is 24.3 Å². The van der Waals surface area contributed by atoms with Crippen LogP contribution in [-0.2, 0) is 19.1 Å². The Morgan fingerprint density at radius 1 is 0.929 bits per heavy atom. The van der Waals surface area contributed by atoms with Crippen LogP contribution in [0.3, 0.4) is 0 Å². The molecule has 2 aliphatic carbocycles. The molecule has 2 rings (SSSR count). The van der Waals surface area contributed by atoms with E-state index < -0.39 is 0 Å². The van der Waals surface area contributed by atoms with Crippen LogP contribution in [-0.4, -0.2) is 23.1 Å². The zero-order valence-electron chi connectivity index (χ0n) is 18.1. The Morgan fingerprint density at radius 3 is 2.00 bits per heavy atom. The molecule has 0 aliphatic heterocycles. The number of hydrogen-bond donors (Lipinski definition) is 0. The average molecular weight is 391 g/mol. The normalized spacial score (nSPS) is 27.3. The summed E-state index contributed by atoms with van der Waals surface area (Å²) in [5.41, 5.74) is 0.302. The van der Waals surface area contributed by atoms with Crippen LogP contribution < -0.4 is 0 Å². The number of rotatable bonds is 7. The van der Waals surface area contributed by atoms with Gasteiger partial charge in [-0.25, -0.2) is 9.59 Å². The smallest absolute Gasteiger partial charge is 0.333 e. The number of hydrogen-bond acceptors (Lipinski definition) is 4. The quantitative estimate of drug-likeness (QED) is 0.302. The summed E-state index contributed by atoms with van der Waals surface area (Å²) in [6, 6.07) is 0. The van der Waals surface area contributed by atoms with Crippen molar-refractivity contribution in [3.63, 3.8) is 0 Å². The second-order valence-corrected chi connectivity index (χ2v) is 9.21. The zero-order chi connectivity index (χ0) is 20.8. The van der Waals surface area contributed by atoms with Gasteiger partial charge in [0, 0.05) is 11.1 Å². The first-order chi connectivity index (χ1) is 13.2. The zero-order valence-corrected chi connectivity index (χ0v) is 18.1. The molecule has 0 N–H and O–H groups in total. The Hall–Kier alpha value is -1.58. The molecule has 0 aromatic rings. The number of carbonyl (C=O) groups excluding carboxylic acids is 2. The van der Waals surface area contributed by atoms with E-state index in [0.29, 0.717) is 23.5 Å². The molecule has 158 valence electrons. The SMILES string of the molecule is C=C(C)C(=O)OC1(CC)CCC(CC(=C)C(=O)OC2(C)CCCCCC2)CC1. The molecule has 0 amide bonds. The van der Waals surface area contributed by atoms with Gasteiger partial charge in [0.2, 0.25) is 0 Å². The maximum Gasteiger partial charge on any atom is 0.333 e. The topological polar surface area (TPSA) is 52.6 Å². The Balaban J connectivity index is 1.84. The van der Waals surface area contributed by atoms with Crippen LogP contribution in [0.2, 0.25) is 0 Å². The van der Waals surface area contributed by atoms with Gasteiger partial charge in [0.05, 0.1) is 0 Å². The summed E-state index contributed by atoms with van der Waals surface area (Å²) in [4.78, 5) is 24.6. The molecule has 0 heterocycles. The maximum atomic E-state index is 12.6. The minimum absolute atomic E-state index is 0.231. The standard InChI is InChI=1S/C24H38O4/c1-6-24(28-21(25)18(2)3)15-11-20(12-16-24)17-19(4)22(26)27-23(5)13-9-7-8-10-14-23/h20H,2,4,6-17H2,1,3,5H3. The molecule has 2 aliphatic rings. The Labute approximate surface area is 170 Å². The fraction of sp³-hybridized carbons (Fsp3) is 0.750. The summed E-state index contributed by atoms with van der Waals surface area (Å²) >= 11 is 0. The van der Waals surface area contributed by atoms with Crippen molar-refractivity contribution in [3.8, 4) is 0 Å². The lowest BCUT2D eigenvalue weighted by molar-refractivity contribution is -0.159. The number of ether oxygens (including phenoxy) is 2. The van der Waals surface area contributed by atoms with Crippen LogP contribution in [0.1, 0.15) is 97.8 Å². The first-order valence-electron chi connectivity index (χ1n) is 11.0. The van der Waals surface area contributed by atoms with Gasteiger partial charge in [-0.05, 0) is 84.0 Å². The highest BCUT2D eigenvalue weighted by atomic mass is 16.6. The van der Waals surface area contributed by atoms with Crippen molar-refractivity contribution in [2.45, 2.75) is 109 Å². The Kier molecular flexibility index (Phi) is 7.91. The summed E-state index contributed by atoms with van der Waals surface area (Å²) in [5, 5.41) is 0. The van der Waals surface area contributed by atoms with Crippen LogP contribution >= 0.6 is 0 Å². The first kappa shape index (κ1) is 22.7. The van der Waals surface area contributed by atoms with Crippen molar-refractivity contribution in [2.75, 3.05) is 0 Å². The van der Waals surface area contributed by atoms with Gasteiger partial charge in [-0.2, -0.15) is 0 Å². The fourth-order valence-electron chi connectivity index (χ4n) is 4.53. The summed E-state index contributed by atoms with van der Waals surface area (Å²) in [5.74, 6) is -0.138. The highest BCUT2D eigenvalue weighted by Gasteiger charge is 2.38. The van der Waals surface area contributed by atoms with E-state index in [-0.39, 0.29) is 23.1 Å². The molecule has 0 saturated heterocycles. The van der Waals surface area contributed by atoms with Gasteiger partial charge < -0.3 is 9.47 Å². The van der Waals surface area contributed by atoms with E-state index in [2.05, 4.69) is 27.0 Å². The van der Waals surface area contributed by atoms with Gasteiger partial charge in [-0.3, -0.25) is 0 Å². The Bertz CT molecular complexity index is 588.